The van der Waals surface area contributed by atoms with E-state index in [2.05, 4.69) is 24.9 Å². The van der Waals surface area contributed by atoms with Crippen molar-refractivity contribution in [3.63, 3.8) is 0 Å². The zero-order valence-electron chi connectivity index (χ0n) is 16.7. The van der Waals surface area contributed by atoms with Crippen LogP contribution in [-0.2, 0) is 18.4 Å². The third kappa shape index (κ3) is 3.63. The van der Waals surface area contributed by atoms with E-state index in [0.29, 0.717) is 0 Å². The predicted molar refractivity (Wildman–Crippen MR) is 108 cm³/mol. The Morgan fingerprint density at radius 2 is 2.00 bits per heavy atom. The van der Waals surface area contributed by atoms with Gasteiger partial charge in [-0.1, -0.05) is 0 Å². The van der Waals surface area contributed by atoms with Gasteiger partial charge in [0, 0.05) is 71.1 Å². The van der Waals surface area contributed by atoms with E-state index < -0.39 is 0 Å². The number of piperazine rings is 1. The zero-order valence-corrected chi connectivity index (χ0v) is 16.7. The number of hydrogen-bond acceptors (Lipinski definition) is 6. The smallest absolute Gasteiger partial charge is 0.244 e. The van der Waals surface area contributed by atoms with Crippen molar-refractivity contribution in [1.82, 2.24) is 33.9 Å². The Balaban J connectivity index is 1.20. The van der Waals surface area contributed by atoms with E-state index in [-0.39, 0.29) is 11.9 Å². The number of piperidine rings is 1. The van der Waals surface area contributed by atoms with Crippen LogP contribution >= 0.6 is 0 Å². The van der Waals surface area contributed by atoms with Crippen molar-refractivity contribution in [3.8, 4) is 0 Å². The Morgan fingerprint density at radius 1 is 1.14 bits per heavy atom. The number of amides is 1. The van der Waals surface area contributed by atoms with Gasteiger partial charge >= 0.3 is 0 Å². The summed E-state index contributed by atoms with van der Waals surface area (Å²) in [4.78, 5) is 28.7. The highest BCUT2D eigenvalue weighted by Crippen LogP contribution is 2.24. The zero-order chi connectivity index (χ0) is 19.8. The molecular formula is C20H26N8O. The second-order valence-electron chi connectivity index (χ2n) is 7.89. The fraction of sp³-hybridized carbons (Fsp3) is 0.500. The number of carbonyl (C=O) groups excluding carboxylic acids is 1. The van der Waals surface area contributed by atoms with Gasteiger partial charge in [0.05, 0.1) is 23.6 Å². The Kier molecular flexibility index (Phi) is 4.76. The molecule has 0 unspecified atom stereocenters. The van der Waals surface area contributed by atoms with Crippen LogP contribution in [0.5, 0.6) is 0 Å². The topological polar surface area (TPSA) is 74.8 Å². The maximum Gasteiger partial charge on any atom is 0.244 e. The normalized spacial score (nSPS) is 21.9. The minimum Gasteiger partial charge on any atom is -0.308 e. The van der Waals surface area contributed by atoms with Crippen LogP contribution in [0.25, 0.3) is 5.78 Å². The molecule has 0 radical (unpaired) electrons. The number of fused-ring (bicyclic) bond motifs is 1. The summed E-state index contributed by atoms with van der Waals surface area (Å²) in [7, 11) is 1.88. The summed E-state index contributed by atoms with van der Waals surface area (Å²) in [5.74, 6) is 0.952. The van der Waals surface area contributed by atoms with Crippen molar-refractivity contribution in [2.45, 2.75) is 25.4 Å². The molecule has 3 aromatic rings. The van der Waals surface area contributed by atoms with Crippen LogP contribution in [0.4, 0.5) is 5.69 Å². The number of hydrogen-bond donors (Lipinski definition) is 0. The first-order valence-electron chi connectivity index (χ1n) is 10.2. The fourth-order valence-corrected chi connectivity index (χ4v) is 4.42. The lowest BCUT2D eigenvalue weighted by Crippen LogP contribution is -2.57. The molecule has 2 aliphatic heterocycles. The van der Waals surface area contributed by atoms with Crippen LogP contribution in [-0.4, -0.2) is 78.6 Å². The number of imidazole rings is 1. The van der Waals surface area contributed by atoms with Gasteiger partial charge < -0.3 is 4.90 Å². The summed E-state index contributed by atoms with van der Waals surface area (Å²) in [6.45, 7) is 5.29. The van der Waals surface area contributed by atoms with E-state index in [1.807, 2.05) is 41.0 Å². The molecule has 152 valence electrons. The van der Waals surface area contributed by atoms with Crippen LogP contribution in [0, 0.1) is 0 Å². The van der Waals surface area contributed by atoms with Crippen LogP contribution in [0.15, 0.2) is 37.1 Å². The van der Waals surface area contributed by atoms with Crippen LogP contribution < -0.4 is 4.90 Å². The molecule has 2 saturated heterocycles. The molecule has 0 saturated carbocycles. The van der Waals surface area contributed by atoms with Crippen LogP contribution in [0.3, 0.4) is 0 Å². The molecule has 1 amide bonds. The number of nitrogens with zero attached hydrogens (tertiary/aromatic N) is 8. The molecule has 0 spiro atoms. The first-order valence-corrected chi connectivity index (χ1v) is 10.2. The molecule has 0 aliphatic carbocycles. The van der Waals surface area contributed by atoms with Gasteiger partial charge in [-0.05, 0) is 18.9 Å². The van der Waals surface area contributed by atoms with Crippen molar-refractivity contribution in [3.05, 3.63) is 42.7 Å². The van der Waals surface area contributed by atoms with E-state index in [1.165, 1.54) is 0 Å². The Morgan fingerprint density at radius 3 is 2.76 bits per heavy atom. The van der Waals surface area contributed by atoms with Gasteiger partial charge in [-0.15, -0.1) is 0 Å². The molecule has 5 heterocycles. The van der Waals surface area contributed by atoms with Crippen LogP contribution in [0.2, 0.25) is 0 Å². The Hall–Kier alpha value is -2.78. The van der Waals surface area contributed by atoms with Gasteiger partial charge in [0.15, 0.2) is 0 Å². The Bertz CT molecular complexity index is 970. The SMILES string of the molecule is Cn1cc(N2CCC[C@H](N3CCN(Cc4cn5cccnc5n4)CC3)C2=O)cn1. The fourth-order valence-electron chi connectivity index (χ4n) is 4.42. The monoisotopic (exact) mass is 394 g/mol. The largest absolute Gasteiger partial charge is 0.308 e. The van der Waals surface area contributed by atoms with E-state index in [0.717, 1.165) is 69.3 Å². The van der Waals surface area contributed by atoms with E-state index in [4.69, 9.17) is 0 Å². The second kappa shape index (κ2) is 7.57. The second-order valence-corrected chi connectivity index (χ2v) is 7.89. The minimum atomic E-state index is -0.0227. The average Bonchev–Trinajstić information content (AvgIpc) is 3.34. The molecule has 29 heavy (non-hydrogen) atoms. The molecule has 9 nitrogen and oxygen atoms in total. The summed E-state index contributed by atoms with van der Waals surface area (Å²) in [6.07, 6.45) is 11.4. The third-order valence-electron chi connectivity index (χ3n) is 5.93. The van der Waals surface area contributed by atoms with Crippen molar-refractivity contribution in [2.24, 2.45) is 7.05 Å². The Labute approximate surface area is 169 Å². The maximum atomic E-state index is 13.1. The number of aromatic nitrogens is 5. The quantitative estimate of drug-likeness (QED) is 0.651. The first kappa shape index (κ1) is 18.3. The molecule has 0 aromatic carbocycles. The summed E-state index contributed by atoms with van der Waals surface area (Å²) < 4.78 is 3.71. The van der Waals surface area contributed by atoms with Gasteiger partial charge in [-0.3, -0.25) is 23.7 Å². The molecular weight excluding hydrogens is 368 g/mol. The summed E-state index contributed by atoms with van der Waals surface area (Å²) in [5.41, 5.74) is 1.94. The molecule has 0 bridgehead atoms. The molecule has 2 fully saturated rings. The van der Waals surface area contributed by atoms with Crippen molar-refractivity contribution < 1.29 is 4.79 Å². The molecule has 5 rings (SSSR count). The van der Waals surface area contributed by atoms with Gasteiger partial charge in [0.1, 0.15) is 0 Å². The average molecular weight is 394 g/mol. The molecule has 0 N–H and O–H groups in total. The van der Waals surface area contributed by atoms with E-state index in [9.17, 15) is 4.79 Å². The van der Waals surface area contributed by atoms with E-state index >= 15 is 0 Å². The summed E-state index contributed by atoms with van der Waals surface area (Å²) >= 11 is 0. The lowest BCUT2D eigenvalue weighted by atomic mass is 10.0. The standard InChI is InChI=1S/C20H26N8O/c1-24-15-17(12-22-24)28-7-2-4-18(19(28)29)26-10-8-25(9-11-26)13-16-14-27-6-3-5-21-20(27)23-16/h3,5-6,12,14-15,18H,2,4,7-11,13H2,1H3/t18-/m0/s1. The number of aryl methyl sites for hydroxylation is 1. The van der Waals surface area contributed by atoms with Gasteiger partial charge in [0.2, 0.25) is 11.7 Å². The van der Waals surface area contributed by atoms with Gasteiger partial charge in [-0.2, -0.15) is 5.10 Å². The number of anilines is 1. The number of rotatable bonds is 4. The molecule has 2 aliphatic rings. The van der Waals surface area contributed by atoms with E-state index in [1.54, 1.807) is 17.1 Å². The summed E-state index contributed by atoms with van der Waals surface area (Å²) in [5, 5.41) is 4.22. The van der Waals surface area contributed by atoms with Gasteiger partial charge in [0.25, 0.3) is 0 Å². The third-order valence-corrected chi connectivity index (χ3v) is 5.93. The summed E-state index contributed by atoms with van der Waals surface area (Å²) in [6, 6.07) is 1.89. The molecule has 3 aromatic heterocycles. The van der Waals surface area contributed by atoms with Gasteiger partial charge in [-0.25, -0.2) is 9.97 Å². The van der Waals surface area contributed by atoms with Crippen LogP contribution in [0.1, 0.15) is 18.5 Å². The van der Waals surface area contributed by atoms with Crippen molar-refractivity contribution in [1.29, 1.82) is 0 Å². The number of carbonyl (C=O) groups is 1. The van der Waals surface area contributed by atoms with Crippen molar-refractivity contribution >= 4 is 17.4 Å². The highest BCUT2D eigenvalue weighted by molar-refractivity contribution is 5.97. The maximum absolute atomic E-state index is 13.1. The highest BCUT2D eigenvalue weighted by Gasteiger charge is 2.35. The first-order chi connectivity index (χ1) is 14.2. The predicted octanol–water partition coefficient (Wildman–Crippen LogP) is 0.776. The minimum absolute atomic E-state index is 0.0227. The highest BCUT2D eigenvalue weighted by atomic mass is 16.2. The molecule has 1 atom stereocenters. The molecule has 9 heteroatoms. The van der Waals surface area contributed by atoms with Crippen molar-refractivity contribution in [2.75, 3.05) is 37.6 Å². The lowest BCUT2D eigenvalue weighted by Gasteiger charge is -2.42. The lowest BCUT2D eigenvalue weighted by molar-refractivity contribution is -0.126.